The molecule has 128 valence electrons. The summed E-state index contributed by atoms with van der Waals surface area (Å²) >= 11 is 0. The molecule has 1 N–H and O–H groups in total. The Morgan fingerprint density at radius 2 is 1.64 bits per heavy atom. The van der Waals surface area contributed by atoms with Gasteiger partial charge in [-0.05, 0) is 47.5 Å². The quantitative estimate of drug-likeness (QED) is 0.662. The Balaban J connectivity index is 1.96. The van der Waals surface area contributed by atoms with Crippen molar-refractivity contribution in [2.75, 3.05) is 0 Å². The van der Waals surface area contributed by atoms with Gasteiger partial charge in [0.2, 0.25) is 0 Å². The maximum Gasteiger partial charge on any atom is 0.133 e. The predicted molar refractivity (Wildman–Crippen MR) is 105 cm³/mol. The summed E-state index contributed by atoms with van der Waals surface area (Å²) in [6, 6.07) is 17.5. The summed E-state index contributed by atoms with van der Waals surface area (Å²) < 4.78 is 27.1. The number of phenols is 1. The topological polar surface area (TPSA) is 20.2 Å². The average Bonchev–Trinajstić information content (AvgIpc) is 2.60. The van der Waals surface area contributed by atoms with E-state index in [-0.39, 0.29) is 14.3 Å². The molecule has 0 aliphatic heterocycles. The smallest absolute Gasteiger partial charge is 0.133 e. The Kier molecular flexibility index (Phi) is 5.78. The zero-order valence-corrected chi connectivity index (χ0v) is 15.6. The molecule has 0 aliphatic carbocycles. The molecular formula is C20H18F2OP2. The Morgan fingerprint density at radius 3 is 2.32 bits per heavy atom. The fourth-order valence-corrected chi connectivity index (χ4v) is 4.18. The first-order valence-corrected chi connectivity index (χ1v) is 9.69. The minimum absolute atomic E-state index is 0.0737. The van der Waals surface area contributed by atoms with Crippen molar-refractivity contribution in [1.82, 2.24) is 0 Å². The highest BCUT2D eigenvalue weighted by Crippen LogP contribution is 2.27. The van der Waals surface area contributed by atoms with E-state index in [0.29, 0.717) is 16.8 Å². The van der Waals surface area contributed by atoms with Crippen LogP contribution in [0, 0.1) is 11.6 Å². The maximum absolute atomic E-state index is 14.0. The van der Waals surface area contributed by atoms with Crippen LogP contribution in [0.4, 0.5) is 8.78 Å². The van der Waals surface area contributed by atoms with Crippen molar-refractivity contribution in [3.05, 3.63) is 89.0 Å². The van der Waals surface area contributed by atoms with E-state index in [1.807, 2.05) is 30.3 Å². The fourth-order valence-electron chi connectivity index (χ4n) is 2.68. The molecule has 5 heteroatoms. The zero-order valence-electron chi connectivity index (χ0n) is 13.5. The largest absolute Gasteiger partial charge is 0.507 e. The normalized spacial score (nSPS) is 11.3. The van der Waals surface area contributed by atoms with Crippen LogP contribution in [0.15, 0.2) is 60.7 Å². The van der Waals surface area contributed by atoms with Gasteiger partial charge in [0.15, 0.2) is 0 Å². The molecule has 1 nitrogen and oxygen atoms in total. The molecule has 2 atom stereocenters. The predicted octanol–water partition coefficient (Wildman–Crippen LogP) is 4.27. The maximum atomic E-state index is 14.0. The van der Waals surface area contributed by atoms with Gasteiger partial charge in [-0.3, -0.25) is 0 Å². The van der Waals surface area contributed by atoms with E-state index in [0.717, 1.165) is 23.6 Å². The summed E-state index contributed by atoms with van der Waals surface area (Å²) in [7, 11) is 2.53. The van der Waals surface area contributed by atoms with E-state index in [1.165, 1.54) is 17.7 Å². The van der Waals surface area contributed by atoms with Crippen LogP contribution < -0.4 is 10.6 Å². The molecule has 0 amide bonds. The van der Waals surface area contributed by atoms with Crippen LogP contribution in [0.5, 0.6) is 5.75 Å². The minimum atomic E-state index is -0.598. The molecule has 0 radical (unpaired) electrons. The second-order valence-corrected chi connectivity index (χ2v) is 7.50. The molecule has 3 rings (SSSR count). The lowest BCUT2D eigenvalue weighted by Gasteiger charge is -2.13. The lowest BCUT2D eigenvalue weighted by molar-refractivity contribution is 0.475. The Labute approximate surface area is 150 Å². The van der Waals surface area contributed by atoms with Crippen LogP contribution in [-0.2, 0) is 12.6 Å². The van der Waals surface area contributed by atoms with Crippen LogP contribution in [0.2, 0.25) is 0 Å². The molecule has 3 aromatic carbocycles. The molecule has 0 saturated heterocycles. The van der Waals surface area contributed by atoms with Crippen LogP contribution in [0.25, 0.3) is 0 Å². The monoisotopic (exact) mass is 374 g/mol. The van der Waals surface area contributed by atoms with E-state index < -0.39 is 11.6 Å². The Hall–Kier alpha value is -1.82. The standard InChI is InChI=1S/C20H18F2OP2/c21-16-6-7-18(17(22)11-16)25-19-10-14(9-15(12-24)20(19)23)8-13-4-2-1-3-5-13/h1-7,9-11,23,25H,8,12,24H2. The number of phenolic OH excluding ortho intramolecular Hbond substituents is 1. The summed E-state index contributed by atoms with van der Waals surface area (Å²) in [4.78, 5) is 0. The van der Waals surface area contributed by atoms with Crippen molar-refractivity contribution in [2.45, 2.75) is 12.6 Å². The number of halogens is 2. The van der Waals surface area contributed by atoms with Gasteiger partial charge in [-0.2, -0.15) is 0 Å². The van der Waals surface area contributed by atoms with Crippen molar-refractivity contribution in [1.29, 1.82) is 0 Å². The van der Waals surface area contributed by atoms with Crippen LogP contribution in [0.1, 0.15) is 16.7 Å². The van der Waals surface area contributed by atoms with Crippen molar-refractivity contribution in [2.24, 2.45) is 0 Å². The second kappa shape index (κ2) is 8.04. The van der Waals surface area contributed by atoms with E-state index in [4.69, 9.17) is 0 Å². The van der Waals surface area contributed by atoms with Gasteiger partial charge in [-0.15, -0.1) is 9.24 Å². The van der Waals surface area contributed by atoms with Gasteiger partial charge in [-0.1, -0.05) is 45.0 Å². The third-order valence-electron chi connectivity index (χ3n) is 3.92. The molecular weight excluding hydrogens is 356 g/mol. The molecule has 0 spiro atoms. The van der Waals surface area contributed by atoms with Gasteiger partial charge in [0, 0.05) is 16.7 Å². The third-order valence-corrected chi connectivity index (χ3v) is 5.69. The third kappa shape index (κ3) is 4.42. The van der Waals surface area contributed by atoms with Crippen molar-refractivity contribution < 1.29 is 13.9 Å². The van der Waals surface area contributed by atoms with Crippen molar-refractivity contribution >= 4 is 28.4 Å². The van der Waals surface area contributed by atoms with Gasteiger partial charge < -0.3 is 5.11 Å². The molecule has 0 heterocycles. The summed E-state index contributed by atoms with van der Waals surface area (Å²) in [6.07, 6.45) is 1.35. The summed E-state index contributed by atoms with van der Waals surface area (Å²) in [5.41, 5.74) is 3.04. The van der Waals surface area contributed by atoms with Gasteiger partial charge in [0.05, 0.1) is 0 Å². The first kappa shape index (κ1) is 18.0. The highest BCUT2D eigenvalue weighted by Gasteiger charge is 2.13. The Morgan fingerprint density at radius 1 is 0.880 bits per heavy atom. The highest BCUT2D eigenvalue weighted by atomic mass is 31.1. The van der Waals surface area contributed by atoms with Crippen molar-refractivity contribution in [3.8, 4) is 5.75 Å². The molecule has 0 bridgehead atoms. The fraction of sp³-hybridized carbons (Fsp3) is 0.100. The zero-order chi connectivity index (χ0) is 17.8. The number of hydrogen-bond donors (Lipinski definition) is 1. The molecule has 0 aromatic heterocycles. The average molecular weight is 374 g/mol. The first-order valence-electron chi connectivity index (χ1n) is 7.87. The first-order chi connectivity index (χ1) is 12.1. The molecule has 0 saturated carbocycles. The molecule has 25 heavy (non-hydrogen) atoms. The molecule has 0 fully saturated rings. The number of hydrogen-bond acceptors (Lipinski definition) is 1. The lowest BCUT2D eigenvalue weighted by Crippen LogP contribution is -2.10. The lowest BCUT2D eigenvalue weighted by atomic mass is 10.0. The van der Waals surface area contributed by atoms with Gasteiger partial charge >= 0.3 is 0 Å². The second-order valence-electron chi connectivity index (χ2n) is 5.77. The number of rotatable bonds is 5. The number of aromatic hydroxyl groups is 1. The van der Waals surface area contributed by atoms with Crippen LogP contribution in [0.3, 0.4) is 0 Å². The summed E-state index contributed by atoms with van der Waals surface area (Å²) in [5.74, 6) is -0.994. The van der Waals surface area contributed by atoms with E-state index >= 15 is 0 Å². The Bertz CT molecular complexity index is 882. The molecule has 2 unspecified atom stereocenters. The van der Waals surface area contributed by atoms with Gasteiger partial charge in [-0.25, -0.2) is 8.78 Å². The van der Waals surface area contributed by atoms with Crippen molar-refractivity contribution in [3.63, 3.8) is 0 Å². The van der Waals surface area contributed by atoms with Gasteiger partial charge in [0.25, 0.3) is 0 Å². The highest BCUT2D eigenvalue weighted by molar-refractivity contribution is 7.55. The van der Waals surface area contributed by atoms with E-state index in [1.54, 1.807) is 0 Å². The SMILES string of the molecule is Oc1c(CP)cc(Cc2ccccc2)cc1Pc1ccc(F)cc1F. The minimum Gasteiger partial charge on any atom is -0.507 e. The molecule has 0 aliphatic rings. The summed E-state index contributed by atoms with van der Waals surface area (Å²) in [5, 5.41) is 11.6. The van der Waals surface area contributed by atoms with E-state index in [2.05, 4.69) is 21.4 Å². The van der Waals surface area contributed by atoms with Crippen LogP contribution in [-0.4, -0.2) is 5.11 Å². The van der Waals surface area contributed by atoms with Gasteiger partial charge in [0.1, 0.15) is 17.4 Å². The summed E-state index contributed by atoms with van der Waals surface area (Å²) in [6.45, 7) is 0. The van der Waals surface area contributed by atoms with E-state index in [9.17, 15) is 13.9 Å². The molecule has 3 aromatic rings. The number of benzene rings is 3. The van der Waals surface area contributed by atoms with Crippen LogP contribution >= 0.6 is 17.8 Å².